The molecule has 1 aliphatic heterocycles. The summed E-state index contributed by atoms with van der Waals surface area (Å²) in [6, 6.07) is 19.0. The van der Waals surface area contributed by atoms with Crippen molar-refractivity contribution in [3.05, 3.63) is 77.5 Å². The summed E-state index contributed by atoms with van der Waals surface area (Å²) in [6.07, 6.45) is 2.16. The Morgan fingerprint density at radius 3 is 2.22 bits per heavy atom. The molecule has 1 atom stereocenters. The number of carbonyl (C=O) groups excluding carboxylic acids is 2. The van der Waals surface area contributed by atoms with E-state index >= 15 is 0 Å². The second-order valence-corrected chi connectivity index (χ2v) is 17.2. The van der Waals surface area contributed by atoms with Gasteiger partial charge in [0.05, 0.1) is 25.9 Å². The van der Waals surface area contributed by atoms with Gasteiger partial charge in [-0.05, 0) is 38.8 Å². The molecule has 0 bridgehead atoms. The highest BCUT2D eigenvalue weighted by atomic mass is 28.3. The molecule has 1 aliphatic carbocycles. The number of nitrogens with one attached hydrogen (secondary N) is 2. The van der Waals surface area contributed by atoms with Gasteiger partial charge < -0.3 is 15.0 Å². The zero-order valence-corrected chi connectivity index (χ0v) is 23.3. The number of rotatable bonds is 7. The molecule has 194 valence electrons. The Bertz CT molecular complexity index is 1290. The van der Waals surface area contributed by atoms with Gasteiger partial charge in [0, 0.05) is 16.2 Å². The van der Waals surface area contributed by atoms with Crippen molar-refractivity contribution in [2.24, 2.45) is 0 Å². The molecule has 7 nitrogen and oxygen atoms in total. The van der Waals surface area contributed by atoms with Crippen LogP contribution in [-0.2, 0) is 21.7 Å². The third-order valence-electron chi connectivity index (χ3n) is 8.37. The lowest BCUT2D eigenvalue weighted by Crippen LogP contribution is -2.52. The Balaban J connectivity index is 1.42. The first-order chi connectivity index (χ1) is 17.5. The SMILES string of the molecule is CC1(C)c2[nH]nc(NC(=O)C3([Si](C)(C)C)CCC3)c2CN1C(=O)C(Oc1ccccc1)c1ccccc1. The first-order valence-corrected chi connectivity index (χ1v) is 16.5. The van der Waals surface area contributed by atoms with Crippen molar-refractivity contribution in [2.45, 2.75) is 76.0 Å². The summed E-state index contributed by atoms with van der Waals surface area (Å²) in [5.74, 6) is 1.10. The lowest BCUT2D eigenvalue weighted by Gasteiger charge is -2.48. The largest absolute Gasteiger partial charge is 0.476 e. The number of aromatic amines is 1. The van der Waals surface area contributed by atoms with Crippen LogP contribution in [0.4, 0.5) is 5.82 Å². The van der Waals surface area contributed by atoms with Gasteiger partial charge in [0.2, 0.25) is 12.0 Å². The van der Waals surface area contributed by atoms with Crippen LogP contribution in [0, 0.1) is 0 Å². The summed E-state index contributed by atoms with van der Waals surface area (Å²) in [4.78, 5) is 29.4. The maximum Gasteiger partial charge on any atom is 0.269 e. The molecule has 1 aromatic heterocycles. The van der Waals surface area contributed by atoms with Crippen LogP contribution in [0.1, 0.15) is 56.0 Å². The van der Waals surface area contributed by atoms with Crippen molar-refractivity contribution < 1.29 is 14.3 Å². The Labute approximate surface area is 219 Å². The number of nitrogens with zero attached hydrogens (tertiary/aromatic N) is 2. The average Bonchev–Trinajstić information content (AvgIpc) is 3.34. The summed E-state index contributed by atoms with van der Waals surface area (Å²) in [5, 5.41) is 10.5. The minimum Gasteiger partial charge on any atom is -0.476 e. The Morgan fingerprint density at radius 1 is 1.03 bits per heavy atom. The number of carbonyl (C=O) groups is 2. The van der Waals surface area contributed by atoms with E-state index in [1.54, 1.807) is 0 Å². The number of hydrogen-bond donors (Lipinski definition) is 2. The normalized spacial score (nSPS) is 18.5. The number of fused-ring (bicyclic) bond motifs is 1. The van der Waals surface area contributed by atoms with E-state index in [1.807, 2.05) is 79.4 Å². The molecule has 1 unspecified atom stereocenters. The fraction of sp³-hybridized carbons (Fsp3) is 0.414. The molecule has 8 heteroatoms. The molecule has 1 fully saturated rings. The third-order valence-corrected chi connectivity index (χ3v) is 12.0. The summed E-state index contributed by atoms with van der Waals surface area (Å²) < 4.78 is 6.26. The monoisotopic (exact) mass is 516 g/mol. The van der Waals surface area contributed by atoms with Gasteiger partial charge in [0.15, 0.2) is 5.82 Å². The molecular weight excluding hydrogens is 480 g/mol. The highest BCUT2D eigenvalue weighted by Gasteiger charge is 2.54. The molecule has 2 amide bonds. The van der Waals surface area contributed by atoms with Gasteiger partial charge in [-0.15, -0.1) is 0 Å². The standard InChI is InChI=1S/C29H36N4O3Si/c1-28(2)24-22(25(32-31-24)30-27(35)29(17-12-18-29)37(3,4)5)19-33(28)26(34)23(20-13-8-6-9-14-20)36-21-15-10-7-11-16-21/h6-11,13-16,23H,12,17-19H2,1-5H3,(H2,30,31,32,35). The maximum atomic E-state index is 14.1. The summed E-state index contributed by atoms with van der Waals surface area (Å²) in [7, 11) is -1.73. The predicted molar refractivity (Wildman–Crippen MR) is 147 cm³/mol. The zero-order valence-electron chi connectivity index (χ0n) is 22.3. The topological polar surface area (TPSA) is 87.3 Å². The van der Waals surface area contributed by atoms with Crippen LogP contribution in [0.2, 0.25) is 24.7 Å². The van der Waals surface area contributed by atoms with Crippen molar-refractivity contribution in [3.63, 3.8) is 0 Å². The Hall–Kier alpha value is -3.39. The molecule has 37 heavy (non-hydrogen) atoms. The number of benzene rings is 2. The van der Waals surface area contributed by atoms with Crippen molar-refractivity contribution in [2.75, 3.05) is 5.32 Å². The summed E-state index contributed by atoms with van der Waals surface area (Å²) in [5.41, 5.74) is 1.85. The van der Waals surface area contributed by atoms with E-state index in [4.69, 9.17) is 4.74 Å². The van der Waals surface area contributed by atoms with Crippen LogP contribution < -0.4 is 10.1 Å². The van der Waals surface area contributed by atoms with Gasteiger partial charge >= 0.3 is 0 Å². The van der Waals surface area contributed by atoms with E-state index in [1.165, 1.54) is 0 Å². The number of hydrogen-bond acceptors (Lipinski definition) is 4. The smallest absolute Gasteiger partial charge is 0.269 e. The molecule has 3 aromatic rings. The van der Waals surface area contributed by atoms with Gasteiger partial charge in [-0.2, -0.15) is 5.10 Å². The van der Waals surface area contributed by atoms with E-state index < -0.39 is 19.7 Å². The number of aromatic nitrogens is 2. The fourth-order valence-corrected chi connectivity index (χ4v) is 8.31. The van der Waals surface area contributed by atoms with Crippen molar-refractivity contribution in [1.29, 1.82) is 0 Å². The molecule has 2 aliphatic rings. The van der Waals surface area contributed by atoms with E-state index in [0.717, 1.165) is 36.1 Å². The quantitative estimate of drug-likeness (QED) is 0.377. The van der Waals surface area contributed by atoms with Gasteiger partial charge in [-0.1, -0.05) is 74.6 Å². The predicted octanol–water partition coefficient (Wildman–Crippen LogP) is 6.01. The van der Waals surface area contributed by atoms with Crippen LogP contribution in [0.25, 0.3) is 0 Å². The third kappa shape index (κ3) is 4.27. The van der Waals surface area contributed by atoms with Crippen LogP contribution in [-0.4, -0.2) is 35.0 Å². The van der Waals surface area contributed by atoms with Crippen LogP contribution in [0.3, 0.4) is 0 Å². The highest BCUT2D eigenvalue weighted by Crippen LogP contribution is 2.56. The van der Waals surface area contributed by atoms with E-state index in [2.05, 4.69) is 35.2 Å². The fourth-order valence-electron chi connectivity index (χ4n) is 5.71. The Kier molecular flexibility index (Phi) is 6.26. The molecule has 0 spiro atoms. The van der Waals surface area contributed by atoms with Crippen LogP contribution in [0.15, 0.2) is 60.7 Å². The van der Waals surface area contributed by atoms with Gasteiger partial charge in [-0.25, -0.2) is 0 Å². The minimum atomic E-state index is -1.73. The van der Waals surface area contributed by atoms with E-state index in [-0.39, 0.29) is 16.9 Å². The molecule has 2 heterocycles. The molecule has 0 saturated heterocycles. The second kappa shape index (κ2) is 9.17. The molecule has 2 aromatic carbocycles. The van der Waals surface area contributed by atoms with Crippen LogP contribution >= 0.6 is 0 Å². The first-order valence-electron chi connectivity index (χ1n) is 13.0. The maximum absolute atomic E-state index is 14.1. The molecule has 5 rings (SSSR count). The van der Waals surface area contributed by atoms with Crippen LogP contribution in [0.5, 0.6) is 5.75 Å². The lowest BCUT2D eigenvalue weighted by atomic mass is 9.83. The molecule has 1 saturated carbocycles. The number of para-hydroxylation sites is 1. The number of H-pyrrole nitrogens is 1. The zero-order chi connectivity index (χ0) is 26.4. The van der Waals surface area contributed by atoms with Gasteiger partial charge in [0.25, 0.3) is 5.91 Å². The van der Waals surface area contributed by atoms with Gasteiger partial charge in [-0.3, -0.25) is 14.7 Å². The minimum absolute atomic E-state index is 0.0735. The van der Waals surface area contributed by atoms with Gasteiger partial charge in [0.1, 0.15) is 5.75 Å². The first kappa shape index (κ1) is 25.3. The average molecular weight is 517 g/mol. The van der Waals surface area contributed by atoms with Crippen molar-refractivity contribution in [1.82, 2.24) is 15.1 Å². The van der Waals surface area contributed by atoms with E-state index in [0.29, 0.717) is 18.1 Å². The highest BCUT2D eigenvalue weighted by molar-refractivity contribution is 6.83. The summed E-state index contributed by atoms with van der Waals surface area (Å²) >= 11 is 0. The van der Waals surface area contributed by atoms with Crippen molar-refractivity contribution >= 4 is 25.7 Å². The molecule has 2 N–H and O–H groups in total. The number of ether oxygens (including phenoxy) is 1. The molecular formula is C29H36N4O3Si. The van der Waals surface area contributed by atoms with E-state index in [9.17, 15) is 9.59 Å². The number of anilines is 1. The number of amides is 2. The second-order valence-electron chi connectivity index (χ2n) is 11.8. The Morgan fingerprint density at radius 2 is 1.65 bits per heavy atom. The van der Waals surface area contributed by atoms with Crippen molar-refractivity contribution in [3.8, 4) is 5.75 Å². The lowest BCUT2D eigenvalue weighted by molar-refractivity contribution is -0.144. The summed E-state index contributed by atoms with van der Waals surface area (Å²) in [6.45, 7) is 11.1. The molecule has 0 radical (unpaired) electrons.